The van der Waals surface area contributed by atoms with Gasteiger partial charge in [0, 0.05) is 13.1 Å². The second-order valence-corrected chi connectivity index (χ2v) is 4.56. The van der Waals surface area contributed by atoms with Crippen molar-refractivity contribution in [3.8, 4) is 0 Å². The molecule has 0 aromatic carbocycles. The first-order valence-corrected chi connectivity index (χ1v) is 5.26. The minimum atomic E-state index is -0.729. The first-order chi connectivity index (χ1) is 6.97. The molecule has 0 bridgehead atoms. The number of hydrogen-bond acceptors (Lipinski definition) is 4. The molecule has 15 heavy (non-hydrogen) atoms. The molecule has 0 aromatic rings. The second kappa shape index (κ2) is 4.92. The third kappa shape index (κ3) is 3.44. The number of carbonyl (C=O) groups is 1. The molecule has 1 fully saturated rings. The maximum absolute atomic E-state index is 11.6. The summed E-state index contributed by atoms with van der Waals surface area (Å²) in [6.07, 6.45) is 0.667. The van der Waals surface area contributed by atoms with Crippen molar-refractivity contribution in [2.45, 2.75) is 12.0 Å². The molecule has 0 aromatic heterocycles. The molecule has 0 radical (unpaired) electrons. The maximum atomic E-state index is 11.6. The van der Waals surface area contributed by atoms with Crippen molar-refractivity contribution in [3.05, 3.63) is 0 Å². The molecule has 5 nitrogen and oxygen atoms in total. The SMILES string of the molecule is CNCC(=O)N1CCC(O)(CN(C)C)C1. The van der Waals surface area contributed by atoms with Gasteiger partial charge in [0.1, 0.15) is 0 Å². The lowest BCUT2D eigenvalue weighted by Crippen LogP contribution is -2.44. The zero-order chi connectivity index (χ0) is 11.5. The summed E-state index contributed by atoms with van der Waals surface area (Å²) in [5.41, 5.74) is -0.729. The standard InChI is InChI=1S/C10H21N3O2/c1-11-6-9(14)13-5-4-10(15,8-13)7-12(2)3/h11,15H,4-8H2,1-3H3. The molecule has 0 saturated carbocycles. The zero-order valence-corrected chi connectivity index (χ0v) is 9.79. The quantitative estimate of drug-likeness (QED) is 0.614. The fraction of sp³-hybridized carbons (Fsp3) is 0.900. The molecule has 88 valence electrons. The predicted molar refractivity (Wildman–Crippen MR) is 58.6 cm³/mol. The molecule has 1 atom stereocenters. The summed E-state index contributed by atoms with van der Waals surface area (Å²) >= 11 is 0. The largest absolute Gasteiger partial charge is 0.387 e. The first kappa shape index (κ1) is 12.4. The lowest BCUT2D eigenvalue weighted by Gasteiger charge is -2.26. The number of β-amino-alcohol motifs (C(OH)–C–C–N with tert-alkyl or cyclic N) is 1. The van der Waals surface area contributed by atoms with Gasteiger partial charge in [-0.25, -0.2) is 0 Å². The van der Waals surface area contributed by atoms with Gasteiger partial charge in [0.05, 0.1) is 18.7 Å². The Bertz CT molecular complexity index is 233. The van der Waals surface area contributed by atoms with Gasteiger partial charge in [0.15, 0.2) is 0 Å². The summed E-state index contributed by atoms with van der Waals surface area (Å²) in [5.74, 6) is 0.0622. The Morgan fingerprint density at radius 1 is 1.60 bits per heavy atom. The van der Waals surface area contributed by atoms with Gasteiger partial charge in [-0.1, -0.05) is 0 Å². The van der Waals surface area contributed by atoms with Crippen molar-refractivity contribution in [1.82, 2.24) is 15.1 Å². The maximum Gasteiger partial charge on any atom is 0.236 e. The number of hydrogen-bond donors (Lipinski definition) is 2. The van der Waals surface area contributed by atoms with Gasteiger partial charge < -0.3 is 20.2 Å². The number of nitrogens with zero attached hydrogens (tertiary/aromatic N) is 2. The number of rotatable bonds is 4. The summed E-state index contributed by atoms with van der Waals surface area (Å²) in [7, 11) is 5.60. The van der Waals surface area contributed by atoms with Gasteiger partial charge in [-0.15, -0.1) is 0 Å². The summed E-state index contributed by atoms with van der Waals surface area (Å²) in [4.78, 5) is 15.2. The normalized spacial score (nSPS) is 26.3. The van der Waals surface area contributed by atoms with Crippen molar-refractivity contribution >= 4 is 5.91 Å². The van der Waals surface area contributed by atoms with Crippen molar-refractivity contribution in [2.75, 3.05) is 47.3 Å². The number of likely N-dealkylation sites (N-methyl/N-ethyl adjacent to an activating group) is 2. The number of nitrogens with one attached hydrogen (secondary N) is 1. The molecule has 1 saturated heterocycles. The van der Waals surface area contributed by atoms with E-state index in [2.05, 4.69) is 5.32 Å². The van der Waals surface area contributed by atoms with Crippen LogP contribution in [0.4, 0.5) is 0 Å². The molecule has 1 aliphatic rings. The monoisotopic (exact) mass is 215 g/mol. The van der Waals surface area contributed by atoms with Crippen molar-refractivity contribution < 1.29 is 9.90 Å². The lowest BCUT2D eigenvalue weighted by molar-refractivity contribution is -0.130. The minimum absolute atomic E-state index is 0.0622. The van der Waals surface area contributed by atoms with Gasteiger partial charge in [-0.05, 0) is 27.6 Å². The van der Waals surface area contributed by atoms with Crippen LogP contribution < -0.4 is 5.32 Å². The van der Waals surface area contributed by atoms with Crippen molar-refractivity contribution in [2.24, 2.45) is 0 Å². The molecule has 0 spiro atoms. The predicted octanol–water partition coefficient (Wildman–Crippen LogP) is -1.27. The average molecular weight is 215 g/mol. The van der Waals surface area contributed by atoms with Crippen LogP contribution in [0.25, 0.3) is 0 Å². The highest BCUT2D eigenvalue weighted by Crippen LogP contribution is 2.21. The topological polar surface area (TPSA) is 55.8 Å². The van der Waals surface area contributed by atoms with E-state index < -0.39 is 5.60 Å². The van der Waals surface area contributed by atoms with E-state index in [-0.39, 0.29) is 5.91 Å². The third-order valence-corrected chi connectivity index (χ3v) is 2.62. The van der Waals surface area contributed by atoms with E-state index in [1.807, 2.05) is 19.0 Å². The van der Waals surface area contributed by atoms with Crippen molar-refractivity contribution in [1.29, 1.82) is 0 Å². The fourth-order valence-electron chi connectivity index (χ4n) is 2.05. The van der Waals surface area contributed by atoms with E-state index in [0.29, 0.717) is 32.6 Å². The van der Waals surface area contributed by atoms with Gasteiger partial charge in [0.2, 0.25) is 5.91 Å². The number of carbonyl (C=O) groups excluding carboxylic acids is 1. The minimum Gasteiger partial charge on any atom is -0.387 e. The summed E-state index contributed by atoms with van der Waals surface area (Å²) in [6, 6.07) is 0. The van der Waals surface area contributed by atoms with E-state index >= 15 is 0 Å². The zero-order valence-electron chi connectivity index (χ0n) is 9.79. The van der Waals surface area contributed by atoms with Gasteiger partial charge in [0.25, 0.3) is 0 Å². The van der Waals surface area contributed by atoms with Crippen LogP contribution in [0.3, 0.4) is 0 Å². The van der Waals surface area contributed by atoms with Crippen LogP contribution in [-0.2, 0) is 4.79 Å². The summed E-state index contributed by atoms with van der Waals surface area (Å²) in [6.45, 7) is 2.06. The Balaban J connectivity index is 2.47. The molecule has 1 heterocycles. The fourth-order valence-corrected chi connectivity index (χ4v) is 2.05. The van der Waals surface area contributed by atoms with Crippen LogP contribution in [0, 0.1) is 0 Å². The van der Waals surface area contributed by atoms with E-state index in [9.17, 15) is 9.90 Å². The molecule has 1 amide bonds. The highest BCUT2D eigenvalue weighted by atomic mass is 16.3. The number of aliphatic hydroxyl groups is 1. The molecule has 0 aliphatic carbocycles. The second-order valence-electron chi connectivity index (χ2n) is 4.56. The van der Waals surface area contributed by atoms with Crippen molar-refractivity contribution in [3.63, 3.8) is 0 Å². The van der Waals surface area contributed by atoms with E-state index in [1.54, 1.807) is 11.9 Å². The lowest BCUT2D eigenvalue weighted by atomic mass is 10.0. The van der Waals surface area contributed by atoms with Gasteiger partial charge in [-0.2, -0.15) is 0 Å². The van der Waals surface area contributed by atoms with Crippen LogP contribution in [0.1, 0.15) is 6.42 Å². The first-order valence-electron chi connectivity index (χ1n) is 5.26. The van der Waals surface area contributed by atoms with E-state index in [1.165, 1.54) is 0 Å². The van der Waals surface area contributed by atoms with Crippen LogP contribution >= 0.6 is 0 Å². The molecular formula is C10H21N3O2. The Morgan fingerprint density at radius 3 is 2.80 bits per heavy atom. The van der Waals surface area contributed by atoms with Gasteiger partial charge in [-0.3, -0.25) is 4.79 Å². The Kier molecular flexibility index (Phi) is 4.07. The Morgan fingerprint density at radius 2 is 2.27 bits per heavy atom. The Labute approximate surface area is 91.0 Å². The number of amides is 1. The van der Waals surface area contributed by atoms with Crippen LogP contribution in [-0.4, -0.2) is 73.7 Å². The molecule has 2 N–H and O–H groups in total. The van der Waals surface area contributed by atoms with Crippen LogP contribution in [0.2, 0.25) is 0 Å². The molecule has 1 aliphatic heterocycles. The highest BCUT2D eigenvalue weighted by molar-refractivity contribution is 5.78. The average Bonchev–Trinajstić information content (AvgIpc) is 2.46. The van der Waals surface area contributed by atoms with Gasteiger partial charge >= 0.3 is 0 Å². The van der Waals surface area contributed by atoms with Crippen LogP contribution in [0.5, 0.6) is 0 Å². The molecule has 5 heteroatoms. The van der Waals surface area contributed by atoms with Crippen LogP contribution in [0.15, 0.2) is 0 Å². The highest BCUT2D eigenvalue weighted by Gasteiger charge is 2.38. The number of likely N-dealkylation sites (tertiary alicyclic amines) is 1. The summed E-state index contributed by atoms with van der Waals surface area (Å²) < 4.78 is 0. The summed E-state index contributed by atoms with van der Waals surface area (Å²) in [5, 5.41) is 13.0. The van der Waals surface area contributed by atoms with E-state index in [4.69, 9.17) is 0 Å². The van der Waals surface area contributed by atoms with E-state index in [0.717, 1.165) is 0 Å². The molecular weight excluding hydrogens is 194 g/mol. The third-order valence-electron chi connectivity index (χ3n) is 2.62. The molecule has 1 rings (SSSR count). The molecule has 1 unspecified atom stereocenters. The Hall–Kier alpha value is -0.650. The smallest absolute Gasteiger partial charge is 0.236 e.